The number of fused-ring (bicyclic) bond motifs is 1. The lowest BCUT2D eigenvalue weighted by Gasteiger charge is -2.21. The van der Waals surface area contributed by atoms with Crippen molar-refractivity contribution in [1.82, 2.24) is 0 Å². The van der Waals surface area contributed by atoms with Crippen LogP contribution in [-0.2, 0) is 0 Å². The molecule has 3 heteroatoms. The molecule has 76 valence electrons. The largest absolute Gasteiger partial charge is 0.495 e. The van der Waals surface area contributed by atoms with Gasteiger partial charge in [-0.3, -0.25) is 0 Å². The molecule has 0 unspecified atom stereocenters. The topological polar surface area (TPSA) is 24.5 Å². The van der Waals surface area contributed by atoms with Crippen molar-refractivity contribution in [2.24, 2.45) is 0 Å². The third-order valence-corrected chi connectivity index (χ3v) is 2.59. The first-order chi connectivity index (χ1) is 6.83. The lowest BCUT2D eigenvalue weighted by molar-refractivity contribution is 0.415. The molecule has 1 aliphatic rings. The van der Waals surface area contributed by atoms with Crippen LogP contribution < -0.4 is 15.0 Å². The number of rotatable bonds is 1. The van der Waals surface area contributed by atoms with Gasteiger partial charge in [-0.2, -0.15) is 0 Å². The minimum atomic E-state index is 0.944. The quantitative estimate of drug-likeness (QED) is 0.736. The molecular weight excluding hydrogens is 176 g/mol. The van der Waals surface area contributed by atoms with Crippen LogP contribution in [0.1, 0.15) is 6.42 Å². The maximum absolute atomic E-state index is 5.36. The Morgan fingerprint density at radius 3 is 3.07 bits per heavy atom. The van der Waals surface area contributed by atoms with Gasteiger partial charge >= 0.3 is 0 Å². The summed E-state index contributed by atoms with van der Waals surface area (Å²) >= 11 is 0. The number of hydrogen-bond acceptors (Lipinski definition) is 3. The van der Waals surface area contributed by atoms with Gasteiger partial charge in [0.1, 0.15) is 11.4 Å². The summed E-state index contributed by atoms with van der Waals surface area (Å²) in [6.07, 6.45) is 1.16. The summed E-state index contributed by atoms with van der Waals surface area (Å²) in [4.78, 5) is 2.24. The third-order valence-electron chi connectivity index (χ3n) is 2.59. The van der Waals surface area contributed by atoms with E-state index >= 15 is 0 Å². The smallest absolute Gasteiger partial charge is 0.144 e. The zero-order valence-electron chi connectivity index (χ0n) is 8.71. The van der Waals surface area contributed by atoms with Crippen molar-refractivity contribution in [3.05, 3.63) is 18.2 Å². The van der Waals surface area contributed by atoms with E-state index in [0.717, 1.165) is 25.3 Å². The Morgan fingerprint density at radius 1 is 1.43 bits per heavy atom. The zero-order valence-corrected chi connectivity index (χ0v) is 8.71. The molecule has 0 saturated heterocycles. The molecule has 0 aromatic heterocycles. The number of nitrogens with zero attached hydrogens (tertiary/aromatic N) is 1. The Bertz CT molecular complexity index is 325. The van der Waals surface area contributed by atoms with Crippen LogP contribution >= 0.6 is 0 Å². The number of benzene rings is 1. The van der Waals surface area contributed by atoms with E-state index in [4.69, 9.17) is 4.74 Å². The maximum Gasteiger partial charge on any atom is 0.144 e. The van der Waals surface area contributed by atoms with E-state index < -0.39 is 0 Å². The predicted octanol–water partition coefficient (Wildman–Crippen LogP) is 1.95. The molecular formula is C11H16N2O. The monoisotopic (exact) mass is 192 g/mol. The fourth-order valence-electron chi connectivity index (χ4n) is 1.87. The molecule has 0 radical (unpaired) electrons. The normalized spacial score (nSPS) is 15.4. The summed E-state index contributed by atoms with van der Waals surface area (Å²) in [6.45, 7) is 2.10. The summed E-state index contributed by atoms with van der Waals surface area (Å²) in [5.74, 6) is 0.944. The molecule has 0 aliphatic carbocycles. The van der Waals surface area contributed by atoms with Gasteiger partial charge in [0, 0.05) is 20.1 Å². The van der Waals surface area contributed by atoms with Gasteiger partial charge in [-0.25, -0.2) is 0 Å². The molecule has 1 N–H and O–H groups in total. The fraction of sp³-hybridized carbons (Fsp3) is 0.455. The SMILES string of the molecule is COc1cccc2c1N(C)CCCN2. The van der Waals surface area contributed by atoms with Crippen LogP contribution in [0.2, 0.25) is 0 Å². The van der Waals surface area contributed by atoms with Crippen molar-refractivity contribution in [3.8, 4) is 5.75 Å². The molecule has 1 aromatic rings. The van der Waals surface area contributed by atoms with E-state index in [1.165, 1.54) is 11.4 Å². The van der Waals surface area contributed by atoms with E-state index in [1.807, 2.05) is 12.1 Å². The lowest BCUT2D eigenvalue weighted by Crippen LogP contribution is -2.18. The predicted molar refractivity (Wildman–Crippen MR) is 59.4 cm³/mol. The van der Waals surface area contributed by atoms with Gasteiger partial charge in [0.15, 0.2) is 0 Å². The first-order valence-corrected chi connectivity index (χ1v) is 4.95. The molecule has 0 bridgehead atoms. The van der Waals surface area contributed by atoms with E-state index in [-0.39, 0.29) is 0 Å². The molecule has 1 aromatic carbocycles. The summed E-state index contributed by atoms with van der Waals surface area (Å²) < 4.78 is 5.36. The summed E-state index contributed by atoms with van der Waals surface area (Å²) in [7, 11) is 3.82. The van der Waals surface area contributed by atoms with Crippen molar-refractivity contribution in [3.63, 3.8) is 0 Å². The average molecular weight is 192 g/mol. The fourth-order valence-corrected chi connectivity index (χ4v) is 1.87. The van der Waals surface area contributed by atoms with E-state index in [1.54, 1.807) is 7.11 Å². The third kappa shape index (κ3) is 1.50. The summed E-state index contributed by atoms with van der Waals surface area (Å²) in [6, 6.07) is 6.12. The highest BCUT2D eigenvalue weighted by Crippen LogP contribution is 2.36. The van der Waals surface area contributed by atoms with E-state index in [0.29, 0.717) is 0 Å². The number of anilines is 2. The lowest BCUT2D eigenvalue weighted by atomic mass is 10.2. The van der Waals surface area contributed by atoms with E-state index in [9.17, 15) is 0 Å². The minimum Gasteiger partial charge on any atom is -0.495 e. The van der Waals surface area contributed by atoms with Crippen molar-refractivity contribution in [2.75, 3.05) is 37.5 Å². The van der Waals surface area contributed by atoms with Crippen LogP contribution in [0.15, 0.2) is 18.2 Å². The highest BCUT2D eigenvalue weighted by Gasteiger charge is 2.15. The Hall–Kier alpha value is -1.38. The molecule has 1 heterocycles. The molecule has 0 amide bonds. The van der Waals surface area contributed by atoms with Gasteiger partial charge in [-0.1, -0.05) is 6.07 Å². The van der Waals surface area contributed by atoms with Crippen LogP contribution in [-0.4, -0.2) is 27.2 Å². The number of para-hydroxylation sites is 1. The second kappa shape index (κ2) is 3.78. The minimum absolute atomic E-state index is 0.944. The highest BCUT2D eigenvalue weighted by atomic mass is 16.5. The number of methoxy groups -OCH3 is 1. The van der Waals surface area contributed by atoms with Gasteiger partial charge in [-0.05, 0) is 18.6 Å². The van der Waals surface area contributed by atoms with Crippen LogP contribution in [0.4, 0.5) is 11.4 Å². The Balaban J connectivity index is 2.47. The highest BCUT2D eigenvalue weighted by molar-refractivity contribution is 5.77. The standard InChI is InChI=1S/C11H16N2O/c1-13-8-4-7-12-9-5-3-6-10(14-2)11(9)13/h3,5-6,12H,4,7-8H2,1-2H3. The second-order valence-corrected chi connectivity index (χ2v) is 3.56. The molecule has 14 heavy (non-hydrogen) atoms. The Labute approximate surface area is 84.7 Å². The van der Waals surface area contributed by atoms with Crippen molar-refractivity contribution < 1.29 is 4.74 Å². The molecule has 2 rings (SSSR count). The average Bonchev–Trinajstić information content (AvgIpc) is 2.40. The first kappa shape index (κ1) is 9.19. The van der Waals surface area contributed by atoms with Gasteiger partial charge in [0.2, 0.25) is 0 Å². The maximum atomic E-state index is 5.36. The first-order valence-electron chi connectivity index (χ1n) is 4.95. The van der Waals surface area contributed by atoms with Crippen LogP contribution in [0.25, 0.3) is 0 Å². The molecule has 1 aliphatic heterocycles. The molecule has 0 spiro atoms. The van der Waals surface area contributed by atoms with Crippen LogP contribution in [0.5, 0.6) is 5.75 Å². The number of hydrogen-bond donors (Lipinski definition) is 1. The molecule has 3 nitrogen and oxygen atoms in total. The zero-order chi connectivity index (χ0) is 9.97. The van der Waals surface area contributed by atoms with Crippen molar-refractivity contribution >= 4 is 11.4 Å². The molecule has 0 fully saturated rings. The van der Waals surface area contributed by atoms with Crippen molar-refractivity contribution in [1.29, 1.82) is 0 Å². The Morgan fingerprint density at radius 2 is 2.29 bits per heavy atom. The second-order valence-electron chi connectivity index (χ2n) is 3.56. The van der Waals surface area contributed by atoms with Crippen LogP contribution in [0.3, 0.4) is 0 Å². The number of nitrogens with one attached hydrogen (secondary N) is 1. The van der Waals surface area contributed by atoms with Crippen LogP contribution in [0, 0.1) is 0 Å². The Kier molecular flexibility index (Phi) is 2.48. The van der Waals surface area contributed by atoms with Gasteiger partial charge < -0.3 is 15.0 Å². The van der Waals surface area contributed by atoms with Gasteiger partial charge in [0.05, 0.1) is 12.8 Å². The summed E-state index contributed by atoms with van der Waals surface area (Å²) in [5, 5.41) is 3.41. The molecule has 0 atom stereocenters. The van der Waals surface area contributed by atoms with Crippen molar-refractivity contribution in [2.45, 2.75) is 6.42 Å². The van der Waals surface area contributed by atoms with Gasteiger partial charge in [0.25, 0.3) is 0 Å². The number of ether oxygens (including phenoxy) is 1. The molecule has 0 saturated carbocycles. The van der Waals surface area contributed by atoms with Gasteiger partial charge in [-0.15, -0.1) is 0 Å². The van der Waals surface area contributed by atoms with E-state index in [2.05, 4.69) is 23.3 Å². The summed E-state index contributed by atoms with van der Waals surface area (Å²) in [5.41, 5.74) is 2.34.